The number of benzene rings is 1. The van der Waals surface area contributed by atoms with Gasteiger partial charge >= 0.3 is 0 Å². The predicted octanol–water partition coefficient (Wildman–Crippen LogP) is 1.35. The van der Waals surface area contributed by atoms with Gasteiger partial charge in [0, 0.05) is 31.2 Å². The molecule has 0 aromatic heterocycles. The maximum atomic E-state index is 13.6. The maximum absolute atomic E-state index is 13.6. The van der Waals surface area contributed by atoms with Gasteiger partial charge in [-0.2, -0.15) is 0 Å². The number of piperazine rings is 1. The van der Waals surface area contributed by atoms with E-state index in [0.29, 0.717) is 13.1 Å². The topological polar surface area (TPSA) is 52.6 Å². The Morgan fingerprint density at radius 2 is 2.00 bits per heavy atom. The molecule has 0 radical (unpaired) electrons. The normalized spacial score (nSPS) is 24.1. The van der Waals surface area contributed by atoms with Gasteiger partial charge in [0.2, 0.25) is 0 Å². The van der Waals surface area contributed by atoms with Crippen molar-refractivity contribution in [3.63, 3.8) is 0 Å². The molecule has 1 saturated heterocycles. The third-order valence-corrected chi connectivity index (χ3v) is 3.03. The van der Waals surface area contributed by atoms with Crippen molar-refractivity contribution in [3.05, 3.63) is 29.6 Å². The lowest BCUT2D eigenvalue weighted by atomic mass is 10.1. The van der Waals surface area contributed by atoms with E-state index in [1.54, 1.807) is 4.90 Å². The van der Waals surface area contributed by atoms with Gasteiger partial charge in [0.1, 0.15) is 11.6 Å². The quantitative estimate of drug-likeness (QED) is 0.793. The summed E-state index contributed by atoms with van der Waals surface area (Å²) in [6.07, 6.45) is 0. The van der Waals surface area contributed by atoms with E-state index in [2.05, 4.69) is 5.32 Å². The van der Waals surface area contributed by atoms with Crippen LogP contribution in [-0.2, 0) is 0 Å². The Hall–Kier alpha value is -1.62. The molecular formula is C13H17FN2O2. The van der Waals surface area contributed by atoms with Gasteiger partial charge < -0.3 is 15.3 Å². The summed E-state index contributed by atoms with van der Waals surface area (Å²) in [4.78, 5) is 13.8. The van der Waals surface area contributed by atoms with Gasteiger partial charge in [0.15, 0.2) is 0 Å². The Morgan fingerprint density at radius 3 is 2.56 bits per heavy atom. The van der Waals surface area contributed by atoms with Crippen LogP contribution in [0.15, 0.2) is 18.2 Å². The fraction of sp³-hybridized carbons (Fsp3) is 0.462. The minimum absolute atomic E-state index is 0.00843. The first kappa shape index (κ1) is 12.8. The molecule has 1 aliphatic rings. The van der Waals surface area contributed by atoms with Crippen LogP contribution in [0, 0.1) is 5.82 Å². The molecule has 0 saturated carbocycles. The van der Waals surface area contributed by atoms with Gasteiger partial charge in [-0.25, -0.2) is 4.39 Å². The SMILES string of the molecule is CC1CN(C(=O)c2ccc(O)cc2F)CC(C)N1. The Morgan fingerprint density at radius 1 is 1.39 bits per heavy atom. The van der Waals surface area contributed by atoms with Crippen molar-refractivity contribution in [1.29, 1.82) is 0 Å². The molecule has 1 aromatic carbocycles. The predicted molar refractivity (Wildman–Crippen MR) is 66.0 cm³/mol. The van der Waals surface area contributed by atoms with Crippen LogP contribution in [0.5, 0.6) is 5.75 Å². The van der Waals surface area contributed by atoms with Crippen LogP contribution in [0.4, 0.5) is 4.39 Å². The highest BCUT2D eigenvalue weighted by atomic mass is 19.1. The Labute approximate surface area is 105 Å². The lowest BCUT2D eigenvalue weighted by Gasteiger charge is -2.36. The maximum Gasteiger partial charge on any atom is 0.256 e. The molecule has 98 valence electrons. The lowest BCUT2D eigenvalue weighted by Crippen LogP contribution is -2.55. The third-order valence-electron chi connectivity index (χ3n) is 3.03. The van der Waals surface area contributed by atoms with E-state index in [1.165, 1.54) is 12.1 Å². The number of aromatic hydroxyl groups is 1. The van der Waals surface area contributed by atoms with E-state index in [-0.39, 0.29) is 29.3 Å². The largest absolute Gasteiger partial charge is 0.508 e. The van der Waals surface area contributed by atoms with Gasteiger partial charge in [0.05, 0.1) is 5.56 Å². The Balaban J connectivity index is 2.20. The first-order valence-electron chi connectivity index (χ1n) is 6.01. The van der Waals surface area contributed by atoms with Crippen molar-refractivity contribution < 1.29 is 14.3 Å². The van der Waals surface area contributed by atoms with Crippen molar-refractivity contribution in [1.82, 2.24) is 10.2 Å². The lowest BCUT2D eigenvalue weighted by molar-refractivity contribution is 0.0669. The summed E-state index contributed by atoms with van der Waals surface area (Å²) >= 11 is 0. The summed E-state index contributed by atoms with van der Waals surface area (Å²) in [5, 5.41) is 12.5. The summed E-state index contributed by atoms with van der Waals surface area (Å²) in [5.41, 5.74) is 0.00843. The minimum atomic E-state index is -0.682. The average molecular weight is 252 g/mol. The van der Waals surface area contributed by atoms with Gasteiger partial charge in [-0.05, 0) is 26.0 Å². The number of phenolic OH excluding ortho intramolecular Hbond substituents is 1. The second-order valence-corrected chi connectivity index (χ2v) is 4.84. The molecule has 4 nitrogen and oxygen atoms in total. The Bertz CT molecular complexity index is 454. The highest BCUT2D eigenvalue weighted by Gasteiger charge is 2.26. The van der Waals surface area contributed by atoms with Gasteiger partial charge in [-0.1, -0.05) is 0 Å². The molecule has 2 unspecified atom stereocenters. The highest BCUT2D eigenvalue weighted by molar-refractivity contribution is 5.94. The molecule has 18 heavy (non-hydrogen) atoms. The second-order valence-electron chi connectivity index (χ2n) is 4.84. The smallest absolute Gasteiger partial charge is 0.256 e. The number of halogens is 1. The Kier molecular flexibility index (Phi) is 3.52. The number of carbonyl (C=O) groups excluding carboxylic acids is 1. The number of hydrogen-bond donors (Lipinski definition) is 2. The number of hydrogen-bond acceptors (Lipinski definition) is 3. The molecule has 0 aliphatic carbocycles. The number of amides is 1. The zero-order chi connectivity index (χ0) is 13.3. The molecule has 5 heteroatoms. The van der Waals surface area contributed by atoms with Gasteiger partial charge in [0.25, 0.3) is 5.91 Å². The van der Waals surface area contributed by atoms with Crippen LogP contribution >= 0.6 is 0 Å². The van der Waals surface area contributed by atoms with Crippen LogP contribution in [0.1, 0.15) is 24.2 Å². The van der Waals surface area contributed by atoms with Crippen LogP contribution in [0.3, 0.4) is 0 Å². The molecule has 2 atom stereocenters. The van der Waals surface area contributed by atoms with Crippen LogP contribution < -0.4 is 5.32 Å². The standard InChI is InChI=1S/C13H17FN2O2/c1-8-6-16(7-9(2)15-8)13(18)11-4-3-10(17)5-12(11)14/h3-5,8-9,15,17H,6-7H2,1-2H3. The molecule has 0 bridgehead atoms. The van der Waals surface area contributed by atoms with E-state index < -0.39 is 5.82 Å². The summed E-state index contributed by atoms with van der Waals surface area (Å²) in [7, 11) is 0. The van der Waals surface area contributed by atoms with E-state index in [0.717, 1.165) is 6.07 Å². The van der Waals surface area contributed by atoms with Crippen molar-refractivity contribution in [2.45, 2.75) is 25.9 Å². The van der Waals surface area contributed by atoms with Gasteiger partial charge in [-0.3, -0.25) is 4.79 Å². The molecule has 0 spiro atoms. The first-order valence-corrected chi connectivity index (χ1v) is 6.01. The van der Waals surface area contributed by atoms with Crippen molar-refractivity contribution in [3.8, 4) is 5.75 Å². The van der Waals surface area contributed by atoms with Crippen molar-refractivity contribution in [2.24, 2.45) is 0 Å². The number of rotatable bonds is 1. The molecule has 1 aliphatic heterocycles. The fourth-order valence-electron chi connectivity index (χ4n) is 2.34. The van der Waals surface area contributed by atoms with E-state index in [9.17, 15) is 9.18 Å². The average Bonchev–Trinajstić information content (AvgIpc) is 2.26. The van der Waals surface area contributed by atoms with Crippen molar-refractivity contribution >= 4 is 5.91 Å². The minimum Gasteiger partial charge on any atom is -0.508 e. The van der Waals surface area contributed by atoms with Crippen molar-refractivity contribution in [2.75, 3.05) is 13.1 Å². The number of nitrogens with one attached hydrogen (secondary N) is 1. The highest BCUT2D eigenvalue weighted by Crippen LogP contribution is 2.18. The summed E-state index contributed by atoms with van der Waals surface area (Å²) in [5.74, 6) is -1.18. The molecule has 1 amide bonds. The first-order chi connectivity index (χ1) is 8.47. The third kappa shape index (κ3) is 2.61. The second kappa shape index (κ2) is 4.94. The zero-order valence-corrected chi connectivity index (χ0v) is 10.5. The molecule has 2 N–H and O–H groups in total. The molecular weight excluding hydrogens is 235 g/mol. The van der Waals surface area contributed by atoms with Gasteiger partial charge in [-0.15, -0.1) is 0 Å². The number of nitrogens with zero attached hydrogens (tertiary/aromatic N) is 1. The zero-order valence-electron chi connectivity index (χ0n) is 10.5. The summed E-state index contributed by atoms with van der Waals surface area (Å²) in [6, 6.07) is 3.99. The molecule has 1 fully saturated rings. The number of carbonyl (C=O) groups is 1. The molecule has 2 rings (SSSR count). The fourth-order valence-corrected chi connectivity index (χ4v) is 2.34. The van der Waals surface area contributed by atoms with E-state index in [4.69, 9.17) is 5.11 Å². The monoisotopic (exact) mass is 252 g/mol. The van der Waals surface area contributed by atoms with Crippen LogP contribution in [-0.4, -0.2) is 41.1 Å². The molecule has 1 heterocycles. The number of phenols is 1. The van der Waals surface area contributed by atoms with Crippen LogP contribution in [0.2, 0.25) is 0 Å². The summed E-state index contributed by atoms with van der Waals surface area (Å²) in [6.45, 7) is 5.10. The van der Waals surface area contributed by atoms with E-state index in [1.807, 2.05) is 13.8 Å². The summed E-state index contributed by atoms with van der Waals surface area (Å²) < 4.78 is 13.6. The van der Waals surface area contributed by atoms with Crippen LogP contribution in [0.25, 0.3) is 0 Å². The van der Waals surface area contributed by atoms with E-state index >= 15 is 0 Å². The molecule has 1 aromatic rings.